The minimum absolute atomic E-state index is 0.0292. The molecule has 4 amide bonds. The van der Waals surface area contributed by atoms with Crippen LogP contribution in [0.5, 0.6) is 6.01 Å². The average molecular weight is 928 g/mol. The highest BCUT2D eigenvalue weighted by atomic mass is 32.2. The summed E-state index contributed by atoms with van der Waals surface area (Å²) >= 11 is 1.53. The van der Waals surface area contributed by atoms with Crippen LogP contribution >= 0.6 is 11.3 Å². The molecule has 17 heteroatoms. The van der Waals surface area contributed by atoms with Gasteiger partial charge < -0.3 is 25.0 Å². The summed E-state index contributed by atoms with van der Waals surface area (Å²) in [5.41, 5.74) is 4.26. The third-order valence-electron chi connectivity index (χ3n) is 13.0. The molecule has 5 atom stereocenters. The number of aromatic nitrogens is 3. The number of nitrogens with zero attached hydrogens (tertiary/aromatic N) is 4. The minimum Gasteiger partial charge on any atom is -0.459 e. The molecule has 1 saturated heterocycles. The molecule has 0 spiro atoms. The lowest BCUT2D eigenvalue weighted by molar-refractivity contribution is -0.141. The van der Waals surface area contributed by atoms with E-state index in [4.69, 9.17) is 19.4 Å². The van der Waals surface area contributed by atoms with Gasteiger partial charge in [-0.2, -0.15) is 4.98 Å². The monoisotopic (exact) mass is 927 g/mol. The van der Waals surface area contributed by atoms with Gasteiger partial charge in [0.05, 0.1) is 22.5 Å². The fraction of sp³-hybridized carbons (Fsp3) is 0.542. The molecule has 2 aromatic heterocycles. The number of para-hydroxylation sites is 1. The summed E-state index contributed by atoms with van der Waals surface area (Å²) in [6.07, 6.45) is 6.58. The van der Waals surface area contributed by atoms with Gasteiger partial charge in [-0.05, 0) is 112 Å². The Kier molecular flexibility index (Phi) is 12.4. The molecule has 3 N–H and O–H groups in total. The van der Waals surface area contributed by atoms with Gasteiger partial charge in [0.25, 0.3) is 11.9 Å². The van der Waals surface area contributed by atoms with Crippen LogP contribution in [0, 0.1) is 19.8 Å². The highest BCUT2D eigenvalue weighted by Crippen LogP contribution is 2.48. The fourth-order valence-corrected chi connectivity index (χ4v) is 11.2. The van der Waals surface area contributed by atoms with Crippen molar-refractivity contribution in [3.63, 3.8) is 0 Å². The number of nitrogens with one attached hydrogen (secondary N) is 3. The number of rotatable bonds is 9. The van der Waals surface area contributed by atoms with E-state index < -0.39 is 73.8 Å². The molecule has 4 aromatic rings. The summed E-state index contributed by atoms with van der Waals surface area (Å²) in [5, 5.41) is 8.57. The van der Waals surface area contributed by atoms with E-state index in [-0.39, 0.29) is 25.4 Å². The topological polar surface area (TPSA) is 191 Å². The number of carbonyl (C=O) groups excluding carboxylic acids is 4. The Morgan fingerprint density at radius 1 is 1.03 bits per heavy atom. The second-order valence-corrected chi connectivity index (χ2v) is 22.8. The van der Waals surface area contributed by atoms with Crippen molar-refractivity contribution in [3.05, 3.63) is 65.1 Å². The number of ether oxygens (including phenoxy) is 2. The molecular formula is C48H61N7O8S2. The quantitative estimate of drug-likeness (QED) is 0.141. The Labute approximate surface area is 385 Å². The number of fused-ring (bicyclic) bond motifs is 3. The second-order valence-electron chi connectivity index (χ2n) is 19.8. The van der Waals surface area contributed by atoms with Gasteiger partial charge in [-0.1, -0.05) is 54.8 Å². The second kappa shape index (κ2) is 17.5. The molecule has 8 rings (SSSR count). The summed E-state index contributed by atoms with van der Waals surface area (Å²) < 4.78 is 42.2. The first-order valence-corrected chi connectivity index (χ1v) is 25.1. The lowest BCUT2D eigenvalue weighted by Gasteiger charge is -2.30. The average Bonchev–Trinajstić information content (AvgIpc) is 3.90. The highest BCUT2D eigenvalue weighted by molar-refractivity contribution is 7.91. The molecule has 65 heavy (non-hydrogen) atoms. The zero-order valence-electron chi connectivity index (χ0n) is 38.5. The van der Waals surface area contributed by atoms with Crippen molar-refractivity contribution in [1.29, 1.82) is 0 Å². The minimum atomic E-state index is -4.01. The number of alkyl carbamates (subject to hydrolysis) is 1. The molecule has 2 aliphatic heterocycles. The van der Waals surface area contributed by atoms with Crippen molar-refractivity contribution in [2.45, 2.75) is 153 Å². The normalized spacial score (nSPS) is 25.2. The number of benzene rings is 2. The molecule has 4 heterocycles. The van der Waals surface area contributed by atoms with Crippen LogP contribution in [0.3, 0.4) is 0 Å². The first-order valence-electron chi connectivity index (χ1n) is 22.8. The van der Waals surface area contributed by atoms with E-state index in [0.29, 0.717) is 43.6 Å². The third-order valence-corrected chi connectivity index (χ3v) is 16.1. The molecule has 0 bridgehead atoms. The number of carbonyl (C=O) groups is 4. The van der Waals surface area contributed by atoms with Crippen LogP contribution < -0.4 is 20.1 Å². The number of allylic oxidation sites excluding steroid dienone is 1. The molecular weight excluding hydrogens is 867 g/mol. The standard InChI is InChI=1S/C48H61N7O8S2/c1-28(2)55-37-18-14-16-34(41-49-36(27-64-41)33-20-19-29(3)23-30(33)4)39(37)51-44(55)62-32-24-38-40(56)52-48(43(58)53-65(60,61)47(8)21-22-47)25-31(48)15-12-10-9-11-13-17-35(42(57)54(38)26-32)50-45(59)63-46(5,6)7/h12,14-16,18-20,23,27-28,31-32,35,38H,9-11,13,17,21-22,24-26H2,1-8H3,(H,50,59)(H,52,56)(H,53,58)/b15-12-/t31-,32+,35-,38-,48+/m0/s1. The number of sulfonamides is 1. The van der Waals surface area contributed by atoms with Crippen molar-refractivity contribution in [2.75, 3.05) is 6.54 Å². The van der Waals surface area contributed by atoms with E-state index >= 15 is 0 Å². The summed E-state index contributed by atoms with van der Waals surface area (Å²) in [6, 6.07) is 10.3. The van der Waals surface area contributed by atoms with E-state index in [1.807, 2.05) is 48.8 Å². The van der Waals surface area contributed by atoms with E-state index in [1.165, 1.54) is 21.8 Å². The summed E-state index contributed by atoms with van der Waals surface area (Å²) in [5.74, 6) is -2.37. The van der Waals surface area contributed by atoms with Crippen molar-refractivity contribution in [2.24, 2.45) is 5.92 Å². The van der Waals surface area contributed by atoms with Crippen LogP contribution in [0.4, 0.5) is 4.79 Å². The maximum Gasteiger partial charge on any atom is 0.408 e. The van der Waals surface area contributed by atoms with Crippen molar-refractivity contribution in [1.82, 2.24) is 34.8 Å². The van der Waals surface area contributed by atoms with Gasteiger partial charge in [0, 0.05) is 34.9 Å². The Bertz CT molecular complexity index is 2660. The van der Waals surface area contributed by atoms with E-state index in [1.54, 1.807) is 27.7 Å². The van der Waals surface area contributed by atoms with Gasteiger partial charge in [0.2, 0.25) is 21.8 Å². The Morgan fingerprint density at radius 3 is 2.51 bits per heavy atom. The van der Waals surface area contributed by atoms with E-state index in [2.05, 4.69) is 52.8 Å². The first kappa shape index (κ1) is 46.2. The molecule has 2 saturated carbocycles. The summed E-state index contributed by atoms with van der Waals surface area (Å²) in [6.45, 7) is 15.0. The maximum atomic E-state index is 14.8. The zero-order valence-corrected chi connectivity index (χ0v) is 40.2. The van der Waals surface area contributed by atoms with Gasteiger partial charge in [0.15, 0.2) is 0 Å². The molecule has 3 fully saturated rings. The SMILES string of the molecule is Cc1ccc(-c2csc(-c3cccc4c3nc(O[C@@H]3C[C@H]5C(=O)N[C@]6(C(=O)NS(=O)(=O)C7(C)CC7)C[C@@H]6/C=C\CCCCC[C@H](NC(=O)OC(C)(C)C)C(=O)N5C3)n4C(C)C)n2)c(C)c1. The van der Waals surface area contributed by atoms with E-state index in [9.17, 15) is 27.6 Å². The van der Waals surface area contributed by atoms with Gasteiger partial charge in [-0.25, -0.2) is 18.2 Å². The molecule has 2 aromatic carbocycles. The molecule has 4 aliphatic rings. The molecule has 0 unspecified atom stereocenters. The fourth-order valence-electron chi connectivity index (χ4n) is 9.02. The predicted molar refractivity (Wildman–Crippen MR) is 250 cm³/mol. The summed E-state index contributed by atoms with van der Waals surface area (Å²) in [4.78, 5) is 68.3. The number of aryl methyl sites for hydroxylation is 2. The number of amides is 4. The van der Waals surface area contributed by atoms with Crippen molar-refractivity contribution >= 4 is 56.2 Å². The number of hydrogen-bond acceptors (Lipinski definition) is 11. The van der Waals surface area contributed by atoms with Gasteiger partial charge in [-0.3, -0.25) is 23.7 Å². The Morgan fingerprint density at radius 2 is 1.80 bits per heavy atom. The highest BCUT2D eigenvalue weighted by Gasteiger charge is 2.63. The van der Waals surface area contributed by atoms with Crippen LogP contribution in [-0.2, 0) is 29.1 Å². The maximum absolute atomic E-state index is 14.8. The molecule has 2 aliphatic carbocycles. The van der Waals surface area contributed by atoms with Gasteiger partial charge >= 0.3 is 6.09 Å². The number of hydrogen-bond donors (Lipinski definition) is 3. The molecule has 0 radical (unpaired) electrons. The Hall–Kier alpha value is -5.29. The smallest absolute Gasteiger partial charge is 0.408 e. The van der Waals surface area contributed by atoms with Crippen LogP contribution in [0.2, 0.25) is 0 Å². The molecule has 348 valence electrons. The summed E-state index contributed by atoms with van der Waals surface area (Å²) in [7, 11) is -4.01. The van der Waals surface area contributed by atoms with Crippen molar-refractivity contribution in [3.8, 4) is 27.8 Å². The van der Waals surface area contributed by atoms with Crippen molar-refractivity contribution < 1.29 is 37.1 Å². The van der Waals surface area contributed by atoms with Crippen LogP contribution in [0.25, 0.3) is 32.9 Å². The third kappa shape index (κ3) is 9.54. The van der Waals surface area contributed by atoms with Gasteiger partial charge in [0.1, 0.15) is 39.9 Å². The Balaban J connectivity index is 1.12. The largest absolute Gasteiger partial charge is 0.459 e. The zero-order chi connectivity index (χ0) is 46.6. The number of imidazole rings is 1. The molecule has 15 nitrogen and oxygen atoms in total. The van der Waals surface area contributed by atoms with Crippen LogP contribution in [-0.4, -0.2) is 92.3 Å². The lowest BCUT2D eigenvalue weighted by Crippen LogP contribution is -2.58. The van der Waals surface area contributed by atoms with Crippen LogP contribution in [0.15, 0.2) is 53.9 Å². The number of thiazole rings is 1. The first-order chi connectivity index (χ1) is 30.7. The van der Waals surface area contributed by atoms with Gasteiger partial charge in [-0.15, -0.1) is 11.3 Å². The predicted octanol–water partition coefficient (Wildman–Crippen LogP) is 7.66. The van der Waals surface area contributed by atoms with Crippen LogP contribution in [0.1, 0.15) is 116 Å². The van der Waals surface area contributed by atoms with E-state index in [0.717, 1.165) is 45.8 Å². The lowest BCUT2D eigenvalue weighted by atomic mass is 10.0.